The summed E-state index contributed by atoms with van der Waals surface area (Å²) < 4.78 is 7.14. The van der Waals surface area contributed by atoms with Gasteiger partial charge in [0.25, 0.3) is 0 Å². The second-order valence-corrected chi connectivity index (χ2v) is 11.3. The van der Waals surface area contributed by atoms with Crippen LogP contribution >= 0.6 is 0 Å². The molecule has 0 spiro atoms. The van der Waals surface area contributed by atoms with Crippen LogP contribution in [-0.2, 0) is 9.53 Å². The second-order valence-electron chi connectivity index (χ2n) is 11.3. The Hall–Kier alpha value is -1.63. The van der Waals surface area contributed by atoms with Crippen molar-refractivity contribution in [1.29, 1.82) is 0 Å². The Balaban J connectivity index is 1.87. The number of hydrogen-bond acceptors (Lipinski definition) is 2. The fourth-order valence-electron chi connectivity index (χ4n) is 5.61. The monoisotopic (exact) mass is 466 g/mol. The van der Waals surface area contributed by atoms with Gasteiger partial charge in [0.05, 0.1) is 11.2 Å². The molecule has 1 aliphatic carbocycles. The maximum absolute atomic E-state index is 10.6. The number of hydrogen-bond donors (Lipinski definition) is 0. The SMILES string of the molecule is CCCCC12OC(C)(CCC=C(C)CCCC(C)=CCCC(C)=C=O)CCC1=CC=C(C)C2C. The van der Waals surface area contributed by atoms with Gasteiger partial charge in [0.15, 0.2) is 0 Å². The molecule has 0 amide bonds. The van der Waals surface area contributed by atoms with Gasteiger partial charge in [-0.2, -0.15) is 0 Å². The first-order valence-corrected chi connectivity index (χ1v) is 13.8. The van der Waals surface area contributed by atoms with Gasteiger partial charge in [-0.1, -0.05) is 67.7 Å². The molecule has 1 saturated heterocycles. The molecule has 2 rings (SSSR count). The molecule has 34 heavy (non-hydrogen) atoms. The third-order valence-corrected chi connectivity index (χ3v) is 8.22. The van der Waals surface area contributed by atoms with Crippen molar-refractivity contribution in [2.24, 2.45) is 5.92 Å². The fraction of sp³-hybridized carbons (Fsp3) is 0.688. The number of ether oxygens (including phenoxy) is 1. The van der Waals surface area contributed by atoms with Crippen molar-refractivity contribution in [3.05, 3.63) is 52.2 Å². The summed E-state index contributed by atoms with van der Waals surface area (Å²) in [5.41, 5.74) is 6.60. The molecular formula is C32H50O2. The van der Waals surface area contributed by atoms with E-state index in [1.165, 1.54) is 48.0 Å². The molecule has 3 atom stereocenters. The van der Waals surface area contributed by atoms with Gasteiger partial charge in [-0.3, -0.25) is 0 Å². The van der Waals surface area contributed by atoms with E-state index >= 15 is 0 Å². The van der Waals surface area contributed by atoms with Crippen LogP contribution in [-0.4, -0.2) is 17.1 Å². The molecule has 0 N–H and O–H groups in total. The molecule has 1 heterocycles. The van der Waals surface area contributed by atoms with E-state index in [0.29, 0.717) is 5.92 Å². The maximum Gasteiger partial charge on any atom is 0.123 e. The van der Waals surface area contributed by atoms with Gasteiger partial charge in [-0.15, -0.1) is 0 Å². The molecule has 2 aliphatic rings. The molecule has 3 unspecified atom stereocenters. The highest BCUT2D eigenvalue weighted by Crippen LogP contribution is 2.51. The minimum atomic E-state index is -0.0927. The number of fused-ring (bicyclic) bond motifs is 1. The topological polar surface area (TPSA) is 26.3 Å². The van der Waals surface area contributed by atoms with Crippen LogP contribution in [0.4, 0.5) is 0 Å². The highest BCUT2D eigenvalue weighted by molar-refractivity contribution is 5.51. The quantitative estimate of drug-likeness (QED) is 0.199. The van der Waals surface area contributed by atoms with Crippen molar-refractivity contribution in [2.75, 3.05) is 0 Å². The lowest BCUT2D eigenvalue weighted by Crippen LogP contribution is -2.53. The molecule has 2 heteroatoms. The van der Waals surface area contributed by atoms with Gasteiger partial charge in [0.1, 0.15) is 5.94 Å². The standard InChI is InChI=1S/C32H50O2/c1-8-9-22-32-29(6)28(5)18-19-30(32)20-23-31(7,34-32)21-12-17-26(3)14-10-13-25(2)15-11-16-27(4)24-33/h15,17-19,29H,8-14,16,20-23H2,1-7H3. The number of rotatable bonds is 13. The van der Waals surface area contributed by atoms with E-state index in [2.05, 4.69) is 65.8 Å². The summed E-state index contributed by atoms with van der Waals surface area (Å²) >= 11 is 0. The van der Waals surface area contributed by atoms with Crippen molar-refractivity contribution in [1.82, 2.24) is 0 Å². The van der Waals surface area contributed by atoms with Crippen molar-refractivity contribution in [3.8, 4) is 0 Å². The maximum atomic E-state index is 10.6. The summed E-state index contributed by atoms with van der Waals surface area (Å²) in [6, 6.07) is 0. The van der Waals surface area contributed by atoms with Crippen LogP contribution in [0.25, 0.3) is 0 Å². The van der Waals surface area contributed by atoms with Crippen LogP contribution in [0.2, 0.25) is 0 Å². The molecule has 0 radical (unpaired) electrons. The van der Waals surface area contributed by atoms with E-state index in [1.54, 1.807) is 0 Å². The summed E-state index contributed by atoms with van der Waals surface area (Å²) in [7, 11) is 0. The molecule has 0 aromatic carbocycles. The molecule has 1 fully saturated rings. The van der Waals surface area contributed by atoms with Crippen LogP contribution in [0, 0.1) is 5.92 Å². The van der Waals surface area contributed by atoms with Crippen molar-refractivity contribution < 1.29 is 9.53 Å². The average molecular weight is 467 g/mol. The van der Waals surface area contributed by atoms with Gasteiger partial charge < -0.3 is 4.74 Å². The van der Waals surface area contributed by atoms with Crippen LogP contribution < -0.4 is 0 Å². The lowest BCUT2D eigenvalue weighted by Gasteiger charge is -2.53. The van der Waals surface area contributed by atoms with Crippen LogP contribution in [0.5, 0.6) is 0 Å². The van der Waals surface area contributed by atoms with Crippen LogP contribution in [0.3, 0.4) is 0 Å². The minimum Gasteiger partial charge on any atom is -0.364 e. The van der Waals surface area contributed by atoms with Gasteiger partial charge in [0, 0.05) is 11.5 Å². The Morgan fingerprint density at radius 1 is 1.06 bits per heavy atom. The zero-order valence-electron chi connectivity index (χ0n) is 23.2. The second kappa shape index (κ2) is 13.5. The van der Waals surface area contributed by atoms with E-state index in [4.69, 9.17) is 4.74 Å². The predicted octanol–water partition coefficient (Wildman–Crippen LogP) is 9.41. The molecule has 0 bridgehead atoms. The zero-order chi connectivity index (χ0) is 25.2. The number of unbranched alkanes of at least 4 members (excludes halogenated alkanes) is 1. The van der Waals surface area contributed by atoms with E-state index in [-0.39, 0.29) is 11.2 Å². The lowest BCUT2D eigenvalue weighted by atomic mass is 9.67. The third-order valence-electron chi connectivity index (χ3n) is 8.22. The average Bonchev–Trinajstić information content (AvgIpc) is 2.80. The van der Waals surface area contributed by atoms with Gasteiger partial charge in [-0.25, -0.2) is 4.79 Å². The van der Waals surface area contributed by atoms with Crippen molar-refractivity contribution >= 4 is 5.94 Å². The Labute approximate surface area is 210 Å². The Morgan fingerprint density at radius 3 is 2.38 bits per heavy atom. The molecule has 2 nitrogen and oxygen atoms in total. The predicted molar refractivity (Wildman–Crippen MR) is 147 cm³/mol. The highest BCUT2D eigenvalue weighted by atomic mass is 16.5. The highest BCUT2D eigenvalue weighted by Gasteiger charge is 2.49. The molecular weight excluding hydrogens is 416 g/mol. The van der Waals surface area contributed by atoms with E-state index in [0.717, 1.165) is 56.9 Å². The summed E-state index contributed by atoms with van der Waals surface area (Å²) in [6.45, 7) is 15.6. The first-order chi connectivity index (χ1) is 16.2. The fourth-order valence-corrected chi connectivity index (χ4v) is 5.61. The summed E-state index contributed by atoms with van der Waals surface area (Å²) in [5.74, 6) is 2.45. The number of carbonyl (C=O) groups excluding carboxylic acids is 1. The summed E-state index contributed by atoms with van der Waals surface area (Å²) in [4.78, 5) is 10.6. The first-order valence-electron chi connectivity index (χ1n) is 13.8. The van der Waals surface area contributed by atoms with Crippen molar-refractivity contribution in [3.63, 3.8) is 0 Å². The zero-order valence-corrected chi connectivity index (χ0v) is 23.2. The lowest BCUT2D eigenvalue weighted by molar-refractivity contribution is -0.177. The molecule has 0 aromatic heterocycles. The Kier molecular flexibility index (Phi) is 11.3. The van der Waals surface area contributed by atoms with E-state index in [9.17, 15) is 4.79 Å². The van der Waals surface area contributed by atoms with Crippen molar-refractivity contribution in [2.45, 2.75) is 137 Å². The third kappa shape index (κ3) is 7.96. The Bertz CT molecular complexity index is 848. The molecule has 0 aromatic rings. The van der Waals surface area contributed by atoms with Gasteiger partial charge in [-0.05, 0) is 104 Å². The smallest absolute Gasteiger partial charge is 0.123 e. The van der Waals surface area contributed by atoms with Crippen LogP contribution in [0.1, 0.15) is 126 Å². The van der Waals surface area contributed by atoms with Crippen LogP contribution in [0.15, 0.2) is 52.2 Å². The van der Waals surface area contributed by atoms with Gasteiger partial charge in [0.2, 0.25) is 0 Å². The normalized spacial score (nSPS) is 27.6. The first kappa shape index (κ1) is 28.6. The molecule has 1 aliphatic heterocycles. The van der Waals surface area contributed by atoms with E-state index < -0.39 is 0 Å². The summed E-state index contributed by atoms with van der Waals surface area (Å²) in [5, 5.41) is 0. The van der Waals surface area contributed by atoms with E-state index in [1.807, 2.05) is 12.9 Å². The number of allylic oxidation sites excluding steroid dienone is 7. The Morgan fingerprint density at radius 2 is 1.74 bits per heavy atom. The molecule has 190 valence electrons. The minimum absolute atomic E-state index is 0.0405. The molecule has 0 saturated carbocycles. The largest absolute Gasteiger partial charge is 0.364 e. The van der Waals surface area contributed by atoms with Gasteiger partial charge >= 0.3 is 0 Å². The summed E-state index contributed by atoms with van der Waals surface area (Å²) in [6.07, 6.45) is 22.8.